The van der Waals surface area contributed by atoms with Crippen molar-refractivity contribution in [3.8, 4) is 0 Å². The zero-order valence-electron chi connectivity index (χ0n) is 12.8. The molecule has 1 aromatic carbocycles. The molecule has 0 bridgehead atoms. The maximum absolute atomic E-state index is 12.4. The molecule has 4 nitrogen and oxygen atoms in total. The number of hydrogen-bond donors (Lipinski definition) is 1. The van der Waals surface area contributed by atoms with Crippen LogP contribution >= 0.6 is 12.4 Å². The summed E-state index contributed by atoms with van der Waals surface area (Å²) in [5, 5.41) is 3.44. The SMILES string of the molecule is CN(C)C(=O)N1Cc2ccccc2C2(CCNCC2)C1.Cl. The summed E-state index contributed by atoms with van der Waals surface area (Å²) in [5.74, 6) is 0. The molecule has 0 aliphatic carbocycles. The second kappa shape index (κ2) is 6.24. The Labute approximate surface area is 132 Å². The molecule has 2 heterocycles. The van der Waals surface area contributed by atoms with Crippen molar-refractivity contribution in [2.24, 2.45) is 0 Å². The Kier molecular flexibility index (Phi) is 4.79. The molecule has 0 aromatic heterocycles. The van der Waals surface area contributed by atoms with Gasteiger partial charge in [-0.05, 0) is 37.1 Å². The lowest BCUT2D eigenvalue weighted by atomic mass is 9.69. The molecule has 1 N–H and O–H groups in total. The van der Waals surface area contributed by atoms with Crippen LogP contribution in [0, 0.1) is 0 Å². The van der Waals surface area contributed by atoms with E-state index < -0.39 is 0 Å². The van der Waals surface area contributed by atoms with E-state index >= 15 is 0 Å². The summed E-state index contributed by atoms with van der Waals surface area (Å²) in [4.78, 5) is 16.1. The molecule has 0 unspecified atom stereocenters. The highest BCUT2D eigenvalue weighted by Gasteiger charge is 2.41. The van der Waals surface area contributed by atoms with Gasteiger partial charge in [0.05, 0.1) is 0 Å². The van der Waals surface area contributed by atoms with Crippen molar-refractivity contribution in [2.45, 2.75) is 24.8 Å². The highest BCUT2D eigenvalue weighted by Crippen LogP contribution is 2.40. The van der Waals surface area contributed by atoms with Gasteiger partial charge in [-0.25, -0.2) is 4.79 Å². The van der Waals surface area contributed by atoms with Gasteiger partial charge in [-0.2, -0.15) is 0 Å². The second-order valence-corrected chi connectivity index (χ2v) is 6.22. The highest BCUT2D eigenvalue weighted by molar-refractivity contribution is 5.85. The normalized spacial score (nSPS) is 19.6. The summed E-state index contributed by atoms with van der Waals surface area (Å²) in [6.45, 7) is 3.67. The van der Waals surface area contributed by atoms with Gasteiger partial charge < -0.3 is 15.1 Å². The molecule has 2 amide bonds. The Hall–Kier alpha value is -1.26. The summed E-state index contributed by atoms with van der Waals surface area (Å²) in [7, 11) is 3.66. The lowest BCUT2D eigenvalue weighted by Gasteiger charge is -2.47. The minimum atomic E-state index is 0. The number of carbonyl (C=O) groups excluding carboxylic acids is 1. The second-order valence-electron chi connectivity index (χ2n) is 6.22. The van der Waals surface area contributed by atoms with Gasteiger partial charge in [-0.3, -0.25) is 0 Å². The van der Waals surface area contributed by atoms with Crippen molar-refractivity contribution < 1.29 is 4.79 Å². The largest absolute Gasteiger partial charge is 0.331 e. The Morgan fingerprint density at radius 3 is 2.57 bits per heavy atom. The standard InChI is InChI=1S/C16H23N3O.ClH/c1-18(2)15(20)19-11-13-5-3-4-6-14(13)16(12-19)7-9-17-10-8-16;/h3-6,17H,7-12H2,1-2H3;1H. The van der Waals surface area contributed by atoms with Crippen LogP contribution in [0.2, 0.25) is 0 Å². The van der Waals surface area contributed by atoms with Crippen LogP contribution < -0.4 is 5.32 Å². The van der Waals surface area contributed by atoms with Crippen molar-refractivity contribution >= 4 is 18.4 Å². The predicted molar refractivity (Wildman–Crippen MR) is 87.0 cm³/mol. The van der Waals surface area contributed by atoms with E-state index in [1.54, 1.807) is 4.90 Å². The van der Waals surface area contributed by atoms with Gasteiger partial charge in [0, 0.05) is 32.6 Å². The number of halogens is 1. The lowest BCUT2D eigenvalue weighted by Crippen LogP contribution is -2.54. The minimum Gasteiger partial charge on any atom is -0.331 e. The summed E-state index contributed by atoms with van der Waals surface area (Å²) in [6.07, 6.45) is 2.22. The van der Waals surface area contributed by atoms with Crippen molar-refractivity contribution in [1.82, 2.24) is 15.1 Å². The Balaban J connectivity index is 0.00000161. The number of benzene rings is 1. The first-order chi connectivity index (χ1) is 9.62. The van der Waals surface area contributed by atoms with E-state index in [-0.39, 0.29) is 23.9 Å². The average molecular weight is 310 g/mol. The van der Waals surface area contributed by atoms with Crippen LogP contribution in [0.4, 0.5) is 4.79 Å². The number of piperidine rings is 1. The molecule has 116 valence electrons. The molecule has 0 atom stereocenters. The van der Waals surface area contributed by atoms with Crippen molar-refractivity contribution in [3.63, 3.8) is 0 Å². The van der Waals surface area contributed by atoms with E-state index in [4.69, 9.17) is 0 Å². The highest BCUT2D eigenvalue weighted by atomic mass is 35.5. The van der Waals surface area contributed by atoms with E-state index in [0.717, 1.165) is 39.0 Å². The fourth-order valence-corrected chi connectivity index (χ4v) is 3.64. The van der Waals surface area contributed by atoms with Crippen molar-refractivity contribution in [3.05, 3.63) is 35.4 Å². The number of hydrogen-bond acceptors (Lipinski definition) is 2. The molecule has 0 radical (unpaired) electrons. The zero-order valence-corrected chi connectivity index (χ0v) is 13.6. The number of rotatable bonds is 0. The molecular weight excluding hydrogens is 286 g/mol. The smallest absolute Gasteiger partial charge is 0.319 e. The molecule has 1 aromatic rings. The van der Waals surface area contributed by atoms with E-state index in [9.17, 15) is 4.79 Å². The quantitative estimate of drug-likeness (QED) is 0.797. The number of fused-ring (bicyclic) bond motifs is 2. The summed E-state index contributed by atoms with van der Waals surface area (Å²) in [5.41, 5.74) is 2.92. The van der Waals surface area contributed by atoms with Crippen LogP contribution in [0.3, 0.4) is 0 Å². The number of nitrogens with zero attached hydrogens (tertiary/aromatic N) is 2. The van der Waals surface area contributed by atoms with Gasteiger partial charge >= 0.3 is 6.03 Å². The molecule has 1 saturated heterocycles. The first-order valence-corrected chi connectivity index (χ1v) is 7.38. The lowest BCUT2D eigenvalue weighted by molar-refractivity contribution is 0.130. The summed E-state index contributed by atoms with van der Waals surface area (Å²) < 4.78 is 0. The molecule has 2 aliphatic heterocycles. The van der Waals surface area contributed by atoms with Crippen LogP contribution in [-0.2, 0) is 12.0 Å². The average Bonchev–Trinajstić information content (AvgIpc) is 2.47. The van der Waals surface area contributed by atoms with Crippen LogP contribution in [0.25, 0.3) is 0 Å². The number of nitrogens with one attached hydrogen (secondary N) is 1. The molecule has 1 fully saturated rings. The van der Waals surface area contributed by atoms with Crippen molar-refractivity contribution in [2.75, 3.05) is 33.7 Å². The Morgan fingerprint density at radius 1 is 1.24 bits per heavy atom. The third kappa shape index (κ3) is 2.87. The molecule has 5 heteroatoms. The summed E-state index contributed by atoms with van der Waals surface area (Å²) in [6, 6.07) is 8.77. The number of urea groups is 1. The van der Waals surface area contributed by atoms with Gasteiger partial charge in [-0.1, -0.05) is 24.3 Å². The fraction of sp³-hybridized carbons (Fsp3) is 0.562. The molecule has 1 spiro atoms. The number of carbonyl (C=O) groups is 1. The van der Waals surface area contributed by atoms with Crippen LogP contribution in [0.15, 0.2) is 24.3 Å². The molecule has 2 aliphatic rings. The molecule has 21 heavy (non-hydrogen) atoms. The van der Waals surface area contributed by atoms with E-state index in [1.165, 1.54) is 11.1 Å². The van der Waals surface area contributed by atoms with Gasteiger partial charge in [-0.15, -0.1) is 12.4 Å². The van der Waals surface area contributed by atoms with Crippen LogP contribution in [0.5, 0.6) is 0 Å². The fourth-order valence-electron chi connectivity index (χ4n) is 3.64. The first kappa shape index (κ1) is 16.1. The van der Waals surface area contributed by atoms with E-state index in [0.29, 0.717) is 0 Å². The molecule has 3 rings (SSSR count). The van der Waals surface area contributed by atoms with Crippen molar-refractivity contribution in [1.29, 1.82) is 0 Å². The maximum atomic E-state index is 12.4. The van der Waals surface area contributed by atoms with Gasteiger partial charge in [0.25, 0.3) is 0 Å². The van der Waals surface area contributed by atoms with Crippen LogP contribution in [-0.4, -0.2) is 49.6 Å². The maximum Gasteiger partial charge on any atom is 0.319 e. The molecule has 0 saturated carbocycles. The van der Waals surface area contributed by atoms with E-state index in [2.05, 4.69) is 29.6 Å². The van der Waals surface area contributed by atoms with E-state index in [1.807, 2.05) is 19.0 Å². The third-order valence-electron chi connectivity index (χ3n) is 4.66. The third-order valence-corrected chi connectivity index (χ3v) is 4.66. The first-order valence-electron chi connectivity index (χ1n) is 7.38. The van der Waals surface area contributed by atoms with Gasteiger partial charge in [0.2, 0.25) is 0 Å². The predicted octanol–water partition coefficient (Wildman–Crippen LogP) is 2.23. The molecular formula is C16H24ClN3O. The van der Waals surface area contributed by atoms with Gasteiger partial charge in [0.1, 0.15) is 0 Å². The topological polar surface area (TPSA) is 35.6 Å². The number of amides is 2. The minimum absolute atomic E-state index is 0. The monoisotopic (exact) mass is 309 g/mol. The van der Waals surface area contributed by atoms with Crippen LogP contribution in [0.1, 0.15) is 24.0 Å². The Morgan fingerprint density at radius 2 is 1.90 bits per heavy atom. The summed E-state index contributed by atoms with van der Waals surface area (Å²) >= 11 is 0. The zero-order chi connectivity index (χ0) is 14.2. The van der Waals surface area contributed by atoms with Gasteiger partial charge in [0.15, 0.2) is 0 Å². The Bertz CT molecular complexity index is 512.